The summed E-state index contributed by atoms with van der Waals surface area (Å²) in [5.74, 6) is -1.40. The molecule has 0 heterocycles. The van der Waals surface area contributed by atoms with Gasteiger partial charge in [0.15, 0.2) is 5.82 Å². The lowest BCUT2D eigenvalue weighted by Gasteiger charge is -2.01. The summed E-state index contributed by atoms with van der Waals surface area (Å²) in [7, 11) is 0.737. The molecule has 0 atom stereocenters. The van der Waals surface area contributed by atoms with E-state index in [2.05, 4.69) is 15.9 Å². The van der Waals surface area contributed by atoms with Gasteiger partial charge in [0, 0.05) is 16.7 Å². The van der Waals surface area contributed by atoms with Gasteiger partial charge in [-0.2, -0.15) is 0 Å². The van der Waals surface area contributed by atoms with E-state index in [-0.39, 0.29) is 10.2 Å². The SMILES string of the molecule is O=S(=O)(Cl)c1cc(O)cc(Br)c1F. The molecular formula is C6H3BrClFO3S. The van der Waals surface area contributed by atoms with Crippen LogP contribution in [0.15, 0.2) is 21.5 Å². The van der Waals surface area contributed by atoms with Gasteiger partial charge in [-0.1, -0.05) is 0 Å². The van der Waals surface area contributed by atoms with Crippen molar-refractivity contribution in [3.63, 3.8) is 0 Å². The average Bonchev–Trinajstić information content (AvgIpc) is 1.94. The molecule has 0 amide bonds. The Kier molecular flexibility index (Phi) is 2.84. The Balaban J connectivity index is 3.56. The second kappa shape index (κ2) is 3.43. The van der Waals surface area contributed by atoms with Gasteiger partial charge in [-0.15, -0.1) is 0 Å². The van der Waals surface area contributed by atoms with E-state index in [4.69, 9.17) is 15.8 Å². The normalized spacial score (nSPS) is 11.6. The van der Waals surface area contributed by atoms with E-state index < -0.39 is 19.8 Å². The van der Waals surface area contributed by atoms with Crippen LogP contribution >= 0.6 is 26.6 Å². The molecule has 0 aliphatic carbocycles. The van der Waals surface area contributed by atoms with Crippen molar-refractivity contribution in [3.8, 4) is 5.75 Å². The monoisotopic (exact) mass is 288 g/mol. The van der Waals surface area contributed by atoms with E-state index in [0.717, 1.165) is 12.1 Å². The summed E-state index contributed by atoms with van der Waals surface area (Å²) < 4.78 is 34.4. The maximum atomic E-state index is 13.1. The molecule has 13 heavy (non-hydrogen) atoms. The van der Waals surface area contributed by atoms with Crippen LogP contribution in [0.5, 0.6) is 5.75 Å². The second-order valence-electron chi connectivity index (χ2n) is 2.18. The largest absolute Gasteiger partial charge is 0.508 e. The Morgan fingerprint density at radius 2 is 2.00 bits per heavy atom. The van der Waals surface area contributed by atoms with Gasteiger partial charge in [-0.3, -0.25) is 0 Å². The van der Waals surface area contributed by atoms with E-state index >= 15 is 0 Å². The number of benzene rings is 1. The minimum Gasteiger partial charge on any atom is -0.508 e. The Bertz CT molecular complexity index is 445. The topological polar surface area (TPSA) is 54.4 Å². The molecule has 1 aromatic rings. The average molecular weight is 290 g/mol. The Hall–Kier alpha value is -0.330. The Morgan fingerprint density at radius 1 is 1.46 bits per heavy atom. The highest BCUT2D eigenvalue weighted by Crippen LogP contribution is 2.29. The summed E-state index contributed by atoms with van der Waals surface area (Å²) in [4.78, 5) is -0.749. The molecule has 0 unspecified atom stereocenters. The van der Waals surface area contributed by atoms with Gasteiger partial charge in [0.2, 0.25) is 0 Å². The lowest BCUT2D eigenvalue weighted by Crippen LogP contribution is -1.95. The van der Waals surface area contributed by atoms with Gasteiger partial charge in [0.25, 0.3) is 9.05 Å². The molecule has 0 bridgehead atoms. The van der Waals surface area contributed by atoms with Crippen molar-refractivity contribution in [1.29, 1.82) is 0 Å². The van der Waals surface area contributed by atoms with Crippen molar-refractivity contribution in [2.45, 2.75) is 4.90 Å². The number of phenols is 1. The van der Waals surface area contributed by atoms with Crippen LogP contribution in [0.3, 0.4) is 0 Å². The van der Waals surface area contributed by atoms with Crippen LogP contribution in [0.25, 0.3) is 0 Å². The maximum absolute atomic E-state index is 13.1. The lowest BCUT2D eigenvalue weighted by molar-refractivity contribution is 0.467. The highest BCUT2D eigenvalue weighted by atomic mass is 79.9. The fourth-order valence-corrected chi connectivity index (χ4v) is 2.23. The van der Waals surface area contributed by atoms with Crippen molar-refractivity contribution < 1.29 is 17.9 Å². The van der Waals surface area contributed by atoms with E-state index in [0.29, 0.717) is 0 Å². The first kappa shape index (κ1) is 10.7. The van der Waals surface area contributed by atoms with Crippen LogP contribution in [-0.4, -0.2) is 13.5 Å². The summed E-state index contributed by atoms with van der Waals surface area (Å²) in [6.45, 7) is 0. The van der Waals surface area contributed by atoms with E-state index in [1.807, 2.05) is 0 Å². The van der Waals surface area contributed by atoms with Crippen molar-refractivity contribution in [2.24, 2.45) is 0 Å². The zero-order chi connectivity index (χ0) is 10.2. The highest BCUT2D eigenvalue weighted by molar-refractivity contribution is 9.10. The van der Waals surface area contributed by atoms with Gasteiger partial charge in [0.1, 0.15) is 10.6 Å². The summed E-state index contributed by atoms with van der Waals surface area (Å²) in [6.07, 6.45) is 0. The Morgan fingerprint density at radius 3 is 2.46 bits per heavy atom. The maximum Gasteiger partial charge on any atom is 0.264 e. The molecular weight excluding hydrogens is 286 g/mol. The first-order chi connectivity index (χ1) is 5.82. The standard InChI is InChI=1S/C6H3BrClFO3S/c7-4-1-3(10)2-5(6(4)9)13(8,11)12/h1-2,10H. The minimum absolute atomic E-state index is 0.160. The molecule has 72 valence electrons. The zero-order valence-corrected chi connectivity index (χ0v) is 9.12. The van der Waals surface area contributed by atoms with E-state index in [1.54, 1.807) is 0 Å². The molecule has 0 aliphatic heterocycles. The molecule has 0 fully saturated rings. The molecule has 1 N–H and O–H groups in total. The quantitative estimate of drug-likeness (QED) is 0.807. The molecule has 0 saturated carbocycles. The third-order valence-corrected chi connectivity index (χ3v) is 3.14. The van der Waals surface area contributed by atoms with Gasteiger partial charge in [-0.25, -0.2) is 12.8 Å². The summed E-state index contributed by atoms with van der Waals surface area (Å²) in [5, 5.41) is 8.96. The van der Waals surface area contributed by atoms with Gasteiger partial charge in [0.05, 0.1) is 4.47 Å². The van der Waals surface area contributed by atoms with E-state index in [1.165, 1.54) is 0 Å². The number of aromatic hydroxyl groups is 1. The number of rotatable bonds is 1. The molecule has 0 saturated heterocycles. The van der Waals surface area contributed by atoms with Crippen molar-refractivity contribution >= 4 is 35.7 Å². The molecule has 0 radical (unpaired) electrons. The number of hydrogen-bond donors (Lipinski definition) is 1. The third-order valence-electron chi connectivity index (χ3n) is 1.24. The fraction of sp³-hybridized carbons (Fsp3) is 0. The lowest BCUT2D eigenvalue weighted by atomic mass is 10.3. The number of halogens is 3. The molecule has 0 aromatic heterocycles. The fourth-order valence-electron chi connectivity index (χ4n) is 0.728. The molecule has 1 aromatic carbocycles. The molecule has 0 aliphatic rings. The van der Waals surface area contributed by atoms with Crippen LogP contribution in [0, 0.1) is 5.82 Å². The number of hydrogen-bond acceptors (Lipinski definition) is 3. The first-order valence-electron chi connectivity index (χ1n) is 2.95. The molecule has 7 heteroatoms. The summed E-state index contributed by atoms with van der Waals surface area (Å²) >= 11 is 2.73. The van der Waals surface area contributed by atoms with Gasteiger partial charge >= 0.3 is 0 Å². The summed E-state index contributed by atoms with van der Waals surface area (Å²) in [5.41, 5.74) is 0. The van der Waals surface area contributed by atoms with Crippen LogP contribution < -0.4 is 0 Å². The minimum atomic E-state index is -4.17. The molecule has 3 nitrogen and oxygen atoms in total. The zero-order valence-electron chi connectivity index (χ0n) is 5.96. The van der Waals surface area contributed by atoms with E-state index in [9.17, 15) is 12.8 Å². The van der Waals surface area contributed by atoms with Gasteiger partial charge in [-0.05, 0) is 22.0 Å². The van der Waals surface area contributed by atoms with Gasteiger partial charge < -0.3 is 5.11 Å². The Labute approximate surface area is 86.7 Å². The first-order valence-corrected chi connectivity index (χ1v) is 6.05. The summed E-state index contributed by atoms with van der Waals surface area (Å²) in [6, 6.07) is 1.77. The van der Waals surface area contributed by atoms with Crippen LogP contribution in [-0.2, 0) is 9.05 Å². The third kappa shape index (κ3) is 2.32. The molecule has 0 spiro atoms. The highest BCUT2D eigenvalue weighted by Gasteiger charge is 2.19. The van der Waals surface area contributed by atoms with Crippen molar-refractivity contribution in [3.05, 3.63) is 22.4 Å². The predicted molar refractivity (Wildman–Crippen MR) is 48.8 cm³/mol. The molecule has 1 rings (SSSR count). The van der Waals surface area contributed by atoms with Crippen molar-refractivity contribution in [2.75, 3.05) is 0 Å². The second-order valence-corrected chi connectivity index (χ2v) is 5.57. The predicted octanol–water partition coefficient (Wildman–Crippen LogP) is 2.22. The van der Waals surface area contributed by atoms with Crippen LogP contribution in [0.1, 0.15) is 0 Å². The van der Waals surface area contributed by atoms with Crippen LogP contribution in [0.4, 0.5) is 4.39 Å². The van der Waals surface area contributed by atoms with Crippen LogP contribution in [0.2, 0.25) is 0 Å². The smallest absolute Gasteiger partial charge is 0.264 e. The van der Waals surface area contributed by atoms with Crippen molar-refractivity contribution in [1.82, 2.24) is 0 Å². The number of phenolic OH excluding ortho intramolecular Hbond substituents is 1.